The number of carbonyl (C=O) groups is 2. The van der Waals surface area contributed by atoms with Crippen molar-refractivity contribution in [3.8, 4) is 0 Å². The Morgan fingerprint density at radius 3 is 2.41 bits per heavy atom. The number of nitrogens with zero attached hydrogens (tertiary/aromatic N) is 4. The highest BCUT2D eigenvalue weighted by Gasteiger charge is 2.42. The molecule has 1 amide bonds. The average molecular weight is 457 g/mol. The molecule has 0 aromatic carbocycles. The van der Waals surface area contributed by atoms with Crippen LogP contribution in [0.25, 0.3) is 0 Å². The Labute approximate surface area is 180 Å². The zero-order valence-electron chi connectivity index (χ0n) is 16.9. The fourth-order valence-electron chi connectivity index (χ4n) is 3.65. The Bertz CT molecular complexity index is 887. The van der Waals surface area contributed by atoms with Gasteiger partial charge >= 0.3 is 12.1 Å². The number of aromatic nitrogens is 3. The fraction of sp³-hybridized carbons (Fsp3) is 0.526. The van der Waals surface area contributed by atoms with Gasteiger partial charge in [-0.15, -0.1) is 0 Å². The van der Waals surface area contributed by atoms with Crippen molar-refractivity contribution in [2.24, 2.45) is 0 Å². The monoisotopic (exact) mass is 457 g/mol. The minimum atomic E-state index is -5.08. The molecule has 10 nitrogen and oxygen atoms in total. The molecule has 174 valence electrons. The van der Waals surface area contributed by atoms with E-state index < -0.39 is 12.1 Å². The molecule has 2 N–H and O–H groups in total. The topological polar surface area (TPSA) is 131 Å². The molecule has 1 unspecified atom stereocenters. The van der Waals surface area contributed by atoms with Crippen LogP contribution in [0.1, 0.15) is 36.2 Å². The van der Waals surface area contributed by atoms with Crippen molar-refractivity contribution in [3.05, 3.63) is 36.5 Å². The van der Waals surface area contributed by atoms with Crippen molar-refractivity contribution in [2.75, 3.05) is 25.0 Å². The molecule has 4 rings (SSSR count). The molecular formula is C19H22F3N5O5. The number of nitrogens with one attached hydrogen (secondary N) is 1. The van der Waals surface area contributed by atoms with Gasteiger partial charge in [-0.3, -0.25) is 4.79 Å². The van der Waals surface area contributed by atoms with E-state index in [0.29, 0.717) is 31.4 Å². The van der Waals surface area contributed by atoms with Crippen molar-refractivity contribution in [1.82, 2.24) is 20.0 Å². The smallest absolute Gasteiger partial charge is 0.475 e. The van der Waals surface area contributed by atoms with E-state index in [0.717, 1.165) is 25.7 Å². The minimum Gasteiger partial charge on any atom is -0.475 e. The van der Waals surface area contributed by atoms with Gasteiger partial charge in [-0.1, -0.05) is 5.16 Å². The summed E-state index contributed by atoms with van der Waals surface area (Å²) in [6.45, 7) is 2.03. The molecule has 2 aromatic heterocycles. The van der Waals surface area contributed by atoms with Crippen LogP contribution in [0.5, 0.6) is 0 Å². The Hall–Kier alpha value is -3.22. The largest absolute Gasteiger partial charge is 0.490 e. The molecule has 32 heavy (non-hydrogen) atoms. The molecule has 13 heteroatoms. The number of likely N-dealkylation sites (tertiary alicyclic amines) is 1. The van der Waals surface area contributed by atoms with Gasteiger partial charge in [-0.25, -0.2) is 14.8 Å². The van der Waals surface area contributed by atoms with Crippen molar-refractivity contribution >= 4 is 17.8 Å². The number of piperidine rings is 1. The first kappa shape index (κ1) is 23.4. The van der Waals surface area contributed by atoms with E-state index in [4.69, 9.17) is 19.2 Å². The molecule has 2 fully saturated rings. The summed E-state index contributed by atoms with van der Waals surface area (Å²) >= 11 is 0. The zero-order valence-corrected chi connectivity index (χ0v) is 16.9. The van der Waals surface area contributed by atoms with Gasteiger partial charge in [0, 0.05) is 44.2 Å². The lowest BCUT2D eigenvalue weighted by Crippen LogP contribution is -2.52. The molecule has 4 heterocycles. The third-order valence-corrected chi connectivity index (χ3v) is 5.24. The predicted molar refractivity (Wildman–Crippen MR) is 103 cm³/mol. The van der Waals surface area contributed by atoms with Crippen LogP contribution in [-0.4, -0.2) is 74.5 Å². The molecule has 0 saturated carbocycles. The standard InChI is InChI=1S/C17H21N5O3.C2HF3O2/c23-15(14-2-8-20-25-14)22-9-4-17(5-10-22)12-13(3-11-24-17)21-16-18-6-1-7-19-16;3-2(4,5)1(6)7/h1-2,6-8,13H,3-5,9-12H2,(H,18,19,21);(H,6,7). The van der Waals surface area contributed by atoms with E-state index in [-0.39, 0.29) is 17.6 Å². The average Bonchev–Trinajstić information content (AvgIpc) is 3.29. The summed E-state index contributed by atoms with van der Waals surface area (Å²) in [5, 5.41) is 14.1. The van der Waals surface area contributed by atoms with Crippen molar-refractivity contribution in [1.29, 1.82) is 0 Å². The first-order chi connectivity index (χ1) is 15.2. The van der Waals surface area contributed by atoms with E-state index in [2.05, 4.69) is 20.4 Å². The van der Waals surface area contributed by atoms with Gasteiger partial charge < -0.3 is 24.6 Å². The molecule has 0 radical (unpaired) electrons. The summed E-state index contributed by atoms with van der Waals surface area (Å²) in [4.78, 5) is 31.5. The number of anilines is 1. The highest BCUT2D eigenvalue weighted by Crippen LogP contribution is 2.36. The second kappa shape index (κ2) is 9.94. The number of carboxylic acids is 1. The maximum atomic E-state index is 12.4. The molecular weight excluding hydrogens is 435 g/mol. The lowest BCUT2D eigenvalue weighted by molar-refractivity contribution is -0.192. The molecule has 1 spiro atoms. The van der Waals surface area contributed by atoms with Crippen LogP contribution in [0.2, 0.25) is 0 Å². The van der Waals surface area contributed by atoms with Crippen molar-refractivity contribution < 1.29 is 37.1 Å². The van der Waals surface area contributed by atoms with Crippen molar-refractivity contribution in [3.63, 3.8) is 0 Å². The Morgan fingerprint density at radius 1 is 1.19 bits per heavy atom. The van der Waals surface area contributed by atoms with Crippen molar-refractivity contribution in [2.45, 2.75) is 43.5 Å². The molecule has 2 aliphatic rings. The lowest BCUT2D eigenvalue weighted by Gasteiger charge is -2.46. The van der Waals surface area contributed by atoms with E-state index in [9.17, 15) is 18.0 Å². The molecule has 2 aliphatic heterocycles. The summed E-state index contributed by atoms with van der Waals surface area (Å²) in [6.07, 6.45) is 3.35. The number of aliphatic carboxylic acids is 1. The van der Waals surface area contributed by atoms with Crippen LogP contribution < -0.4 is 5.32 Å². The normalized spacial score (nSPS) is 20.2. The maximum absolute atomic E-state index is 12.4. The maximum Gasteiger partial charge on any atom is 0.490 e. The van der Waals surface area contributed by atoms with Crippen LogP contribution >= 0.6 is 0 Å². The quantitative estimate of drug-likeness (QED) is 0.713. The number of carboxylic acid groups (broad SMARTS) is 1. The number of halogens is 3. The summed E-state index contributed by atoms with van der Waals surface area (Å²) in [6, 6.07) is 3.69. The predicted octanol–water partition coefficient (Wildman–Crippen LogP) is 2.36. The van der Waals surface area contributed by atoms with E-state index in [1.807, 2.05) is 4.90 Å². The van der Waals surface area contributed by atoms with Gasteiger partial charge in [-0.2, -0.15) is 13.2 Å². The number of hydrogen-bond acceptors (Lipinski definition) is 8. The van der Waals surface area contributed by atoms with Gasteiger partial charge in [0.05, 0.1) is 11.8 Å². The highest BCUT2D eigenvalue weighted by molar-refractivity contribution is 5.91. The summed E-state index contributed by atoms with van der Waals surface area (Å²) in [7, 11) is 0. The van der Waals surface area contributed by atoms with E-state index in [1.165, 1.54) is 6.20 Å². The minimum absolute atomic E-state index is 0.101. The van der Waals surface area contributed by atoms with Gasteiger partial charge in [-0.05, 0) is 31.7 Å². The van der Waals surface area contributed by atoms with Gasteiger partial charge in [0.15, 0.2) is 0 Å². The Kier molecular flexibility index (Phi) is 7.28. The molecule has 1 atom stereocenters. The van der Waals surface area contributed by atoms with E-state index >= 15 is 0 Å². The van der Waals surface area contributed by atoms with Crippen LogP contribution in [-0.2, 0) is 9.53 Å². The van der Waals surface area contributed by atoms with Crippen LogP contribution in [0.3, 0.4) is 0 Å². The van der Waals surface area contributed by atoms with Crippen LogP contribution in [0, 0.1) is 0 Å². The molecule has 0 aliphatic carbocycles. The third-order valence-electron chi connectivity index (χ3n) is 5.24. The van der Waals surface area contributed by atoms with E-state index in [1.54, 1.807) is 24.5 Å². The first-order valence-corrected chi connectivity index (χ1v) is 9.86. The Balaban J connectivity index is 0.000000360. The number of carbonyl (C=O) groups excluding carboxylic acids is 1. The summed E-state index contributed by atoms with van der Waals surface area (Å²) in [5.74, 6) is -1.91. The third kappa shape index (κ3) is 6.15. The zero-order chi connectivity index (χ0) is 23.2. The molecule has 2 saturated heterocycles. The second-order valence-corrected chi connectivity index (χ2v) is 7.41. The summed E-state index contributed by atoms with van der Waals surface area (Å²) < 4.78 is 42.8. The first-order valence-electron chi connectivity index (χ1n) is 9.86. The second-order valence-electron chi connectivity index (χ2n) is 7.41. The summed E-state index contributed by atoms with van der Waals surface area (Å²) in [5.41, 5.74) is -0.178. The van der Waals surface area contributed by atoms with Crippen LogP contribution in [0.15, 0.2) is 35.2 Å². The SMILES string of the molecule is O=C(O)C(F)(F)F.O=C(c1ccno1)N1CCC2(CC1)CC(Nc1ncccn1)CCO2. The Morgan fingerprint density at radius 2 is 1.84 bits per heavy atom. The van der Waals surface area contributed by atoms with Gasteiger partial charge in [0.1, 0.15) is 0 Å². The van der Waals surface area contributed by atoms with Gasteiger partial charge in [0.25, 0.3) is 5.91 Å². The highest BCUT2D eigenvalue weighted by atomic mass is 19.4. The van der Waals surface area contributed by atoms with Gasteiger partial charge in [0.2, 0.25) is 11.7 Å². The number of hydrogen-bond donors (Lipinski definition) is 2. The number of rotatable bonds is 3. The fourth-order valence-corrected chi connectivity index (χ4v) is 3.65. The number of amides is 1. The molecule has 0 bridgehead atoms. The van der Waals surface area contributed by atoms with Crippen LogP contribution in [0.4, 0.5) is 19.1 Å². The lowest BCUT2D eigenvalue weighted by atomic mass is 9.82. The number of alkyl halides is 3. The molecule has 2 aromatic rings. The number of ether oxygens (including phenoxy) is 1.